The fraction of sp³-hybridized carbons (Fsp3) is 0.316. The SMILES string of the molecule is COCCCNC(=O)CN1c2ccc(C)cc2-c2ccccc2S1(=O)=O. The van der Waals surface area contributed by atoms with Crippen LogP contribution in [0.15, 0.2) is 47.4 Å². The highest BCUT2D eigenvalue weighted by Gasteiger charge is 2.35. The standard InChI is InChI=1S/C19H22N2O4S/c1-14-8-9-17-16(12-14)15-6-3-4-7-18(15)26(23,24)21(17)13-19(22)20-10-5-11-25-2/h3-4,6-9,12H,5,10-11,13H2,1-2H3,(H,20,22). The van der Waals surface area contributed by atoms with Crippen LogP contribution in [0, 0.1) is 6.92 Å². The number of hydrogen-bond donors (Lipinski definition) is 1. The van der Waals surface area contributed by atoms with Crippen LogP contribution in [0.4, 0.5) is 5.69 Å². The van der Waals surface area contributed by atoms with Crippen LogP contribution in [0.3, 0.4) is 0 Å². The van der Waals surface area contributed by atoms with Crippen molar-refractivity contribution in [2.75, 3.05) is 31.1 Å². The van der Waals surface area contributed by atoms with E-state index in [0.717, 1.165) is 11.1 Å². The average molecular weight is 374 g/mol. The van der Waals surface area contributed by atoms with E-state index in [4.69, 9.17) is 4.74 Å². The second-order valence-electron chi connectivity index (χ2n) is 6.22. The highest BCUT2D eigenvalue weighted by atomic mass is 32.2. The molecule has 2 aromatic carbocycles. The minimum absolute atomic E-state index is 0.227. The van der Waals surface area contributed by atoms with Gasteiger partial charge in [-0.3, -0.25) is 9.10 Å². The van der Waals surface area contributed by atoms with Crippen molar-refractivity contribution >= 4 is 21.6 Å². The van der Waals surface area contributed by atoms with E-state index in [0.29, 0.717) is 30.8 Å². The Hall–Kier alpha value is -2.38. The summed E-state index contributed by atoms with van der Waals surface area (Å²) in [5.74, 6) is -0.337. The van der Waals surface area contributed by atoms with E-state index in [2.05, 4.69) is 5.32 Å². The third-order valence-corrected chi connectivity index (χ3v) is 6.12. The number of nitrogens with zero attached hydrogens (tertiary/aromatic N) is 1. The van der Waals surface area contributed by atoms with E-state index in [1.807, 2.05) is 25.1 Å². The summed E-state index contributed by atoms with van der Waals surface area (Å²) >= 11 is 0. The topological polar surface area (TPSA) is 75.7 Å². The second-order valence-corrected chi connectivity index (χ2v) is 8.06. The number of methoxy groups -OCH3 is 1. The van der Waals surface area contributed by atoms with Gasteiger partial charge < -0.3 is 10.1 Å². The second kappa shape index (κ2) is 7.47. The summed E-state index contributed by atoms with van der Waals surface area (Å²) in [7, 11) is -2.20. The number of rotatable bonds is 6. The van der Waals surface area contributed by atoms with Crippen LogP contribution in [0.1, 0.15) is 12.0 Å². The van der Waals surface area contributed by atoms with Gasteiger partial charge in [0.15, 0.2) is 0 Å². The number of carbonyl (C=O) groups excluding carboxylic acids is 1. The third-order valence-electron chi connectivity index (χ3n) is 4.30. The van der Waals surface area contributed by atoms with Crippen LogP contribution in [-0.2, 0) is 19.6 Å². The first-order valence-electron chi connectivity index (χ1n) is 8.43. The van der Waals surface area contributed by atoms with Crippen LogP contribution in [-0.4, -0.2) is 41.1 Å². The molecule has 26 heavy (non-hydrogen) atoms. The van der Waals surface area contributed by atoms with Crippen molar-refractivity contribution in [1.82, 2.24) is 5.32 Å². The summed E-state index contributed by atoms with van der Waals surface area (Å²) in [6.45, 7) is 2.69. The van der Waals surface area contributed by atoms with Crippen molar-refractivity contribution in [3.63, 3.8) is 0 Å². The summed E-state index contributed by atoms with van der Waals surface area (Å²) in [4.78, 5) is 12.5. The highest BCUT2D eigenvalue weighted by molar-refractivity contribution is 7.93. The Morgan fingerprint density at radius 2 is 1.92 bits per heavy atom. The molecule has 3 rings (SSSR count). The number of carbonyl (C=O) groups is 1. The summed E-state index contributed by atoms with van der Waals surface area (Å²) in [6, 6.07) is 12.5. The van der Waals surface area contributed by atoms with Crippen LogP contribution in [0.2, 0.25) is 0 Å². The number of anilines is 1. The van der Waals surface area contributed by atoms with Gasteiger partial charge in [-0.05, 0) is 31.5 Å². The van der Waals surface area contributed by atoms with Gasteiger partial charge in [0.05, 0.1) is 10.6 Å². The number of sulfonamides is 1. The fourth-order valence-corrected chi connectivity index (χ4v) is 4.70. The van der Waals surface area contributed by atoms with E-state index in [1.165, 1.54) is 4.31 Å². The molecule has 1 amide bonds. The molecule has 6 nitrogen and oxygen atoms in total. The van der Waals surface area contributed by atoms with Gasteiger partial charge in [-0.2, -0.15) is 0 Å². The number of fused-ring (bicyclic) bond motifs is 3. The molecule has 0 spiro atoms. The van der Waals surface area contributed by atoms with E-state index in [-0.39, 0.29) is 17.3 Å². The van der Waals surface area contributed by atoms with Gasteiger partial charge in [0.25, 0.3) is 10.0 Å². The zero-order chi connectivity index (χ0) is 18.7. The van der Waals surface area contributed by atoms with Crippen LogP contribution >= 0.6 is 0 Å². The molecule has 2 aromatic rings. The molecule has 0 bridgehead atoms. The minimum Gasteiger partial charge on any atom is -0.385 e. The predicted octanol–water partition coefficient (Wildman–Crippen LogP) is 2.32. The maximum Gasteiger partial charge on any atom is 0.265 e. The number of amides is 1. The maximum absolute atomic E-state index is 13.1. The predicted molar refractivity (Wildman–Crippen MR) is 101 cm³/mol. The highest BCUT2D eigenvalue weighted by Crippen LogP contribution is 2.43. The van der Waals surface area contributed by atoms with Gasteiger partial charge in [0, 0.05) is 31.4 Å². The summed E-state index contributed by atoms with van der Waals surface area (Å²) in [5, 5.41) is 2.74. The fourth-order valence-electron chi connectivity index (χ4n) is 3.05. The van der Waals surface area contributed by atoms with Crippen molar-refractivity contribution in [2.45, 2.75) is 18.2 Å². The van der Waals surface area contributed by atoms with Crippen LogP contribution in [0.5, 0.6) is 0 Å². The Balaban J connectivity index is 1.95. The Kier molecular flexibility index (Phi) is 5.29. The van der Waals surface area contributed by atoms with Gasteiger partial charge in [-0.15, -0.1) is 0 Å². The molecule has 0 saturated heterocycles. The van der Waals surface area contributed by atoms with Crippen LogP contribution < -0.4 is 9.62 Å². The first-order chi connectivity index (χ1) is 12.4. The Labute approximate surface area is 153 Å². The molecule has 1 N–H and O–H groups in total. The maximum atomic E-state index is 13.1. The van der Waals surface area contributed by atoms with Gasteiger partial charge >= 0.3 is 0 Å². The van der Waals surface area contributed by atoms with Crippen molar-refractivity contribution in [3.8, 4) is 11.1 Å². The average Bonchev–Trinajstić information content (AvgIpc) is 2.63. The first kappa shape index (κ1) is 18.4. The van der Waals surface area contributed by atoms with E-state index in [1.54, 1.807) is 31.4 Å². The molecule has 0 aliphatic carbocycles. The van der Waals surface area contributed by atoms with Gasteiger partial charge in [0.1, 0.15) is 6.54 Å². The monoisotopic (exact) mass is 374 g/mol. The van der Waals surface area contributed by atoms with Crippen molar-refractivity contribution in [2.24, 2.45) is 0 Å². The number of aryl methyl sites for hydroxylation is 1. The van der Waals surface area contributed by atoms with Gasteiger partial charge in [-0.1, -0.05) is 29.8 Å². The minimum atomic E-state index is -3.79. The van der Waals surface area contributed by atoms with Gasteiger partial charge in [0.2, 0.25) is 5.91 Å². The van der Waals surface area contributed by atoms with Crippen molar-refractivity contribution < 1.29 is 17.9 Å². The molecular weight excluding hydrogens is 352 g/mol. The first-order valence-corrected chi connectivity index (χ1v) is 9.87. The Morgan fingerprint density at radius 1 is 1.15 bits per heavy atom. The number of nitrogens with one attached hydrogen (secondary N) is 1. The smallest absolute Gasteiger partial charge is 0.265 e. The van der Waals surface area contributed by atoms with Crippen molar-refractivity contribution in [1.29, 1.82) is 0 Å². The quantitative estimate of drug-likeness (QED) is 0.788. The molecule has 0 saturated carbocycles. The third kappa shape index (κ3) is 3.45. The molecule has 1 aliphatic rings. The molecule has 1 heterocycles. The lowest BCUT2D eigenvalue weighted by atomic mass is 10.0. The molecule has 0 unspecified atom stereocenters. The van der Waals surface area contributed by atoms with E-state index >= 15 is 0 Å². The summed E-state index contributed by atoms with van der Waals surface area (Å²) in [5.41, 5.74) is 3.05. The molecule has 0 radical (unpaired) electrons. The molecular formula is C19H22N2O4S. The molecule has 1 aliphatic heterocycles. The lowest BCUT2D eigenvalue weighted by molar-refractivity contribution is -0.119. The lowest BCUT2D eigenvalue weighted by Crippen LogP contribution is -2.42. The molecule has 138 valence electrons. The molecule has 0 aromatic heterocycles. The lowest BCUT2D eigenvalue weighted by Gasteiger charge is -2.31. The zero-order valence-electron chi connectivity index (χ0n) is 14.9. The van der Waals surface area contributed by atoms with Gasteiger partial charge in [-0.25, -0.2) is 8.42 Å². The van der Waals surface area contributed by atoms with E-state index < -0.39 is 10.0 Å². The largest absolute Gasteiger partial charge is 0.385 e. The van der Waals surface area contributed by atoms with Crippen molar-refractivity contribution in [3.05, 3.63) is 48.0 Å². The zero-order valence-corrected chi connectivity index (χ0v) is 15.7. The Morgan fingerprint density at radius 3 is 2.69 bits per heavy atom. The molecule has 0 fully saturated rings. The Bertz CT molecular complexity index is 925. The summed E-state index contributed by atoms with van der Waals surface area (Å²) < 4.78 is 32.3. The van der Waals surface area contributed by atoms with E-state index in [9.17, 15) is 13.2 Å². The number of ether oxygens (including phenoxy) is 1. The summed E-state index contributed by atoms with van der Waals surface area (Å²) in [6.07, 6.45) is 0.674. The molecule has 0 atom stereocenters. The van der Waals surface area contributed by atoms with Crippen LogP contribution in [0.25, 0.3) is 11.1 Å². The normalized spacial score (nSPS) is 14.5. The number of hydrogen-bond acceptors (Lipinski definition) is 4. The number of benzene rings is 2. The molecule has 7 heteroatoms.